The molecule has 3 saturated carbocycles. The van der Waals surface area contributed by atoms with Crippen molar-refractivity contribution in [2.45, 2.75) is 44.6 Å². The second kappa shape index (κ2) is 4.15. The summed E-state index contributed by atoms with van der Waals surface area (Å²) in [6, 6.07) is 0.504. The molecule has 2 heteroatoms. The van der Waals surface area contributed by atoms with E-state index in [1.54, 1.807) is 0 Å². The van der Waals surface area contributed by atoms with Gasteiger partial charge >= 0.3 is 0 Å². The third-order valence-electron chi connectivity index (χ3n) is 5.66. The van der Waals surface area contributed by atoms with Crippen LogP contribution in [0.25, 0.3) is 0 Å². The summed E-state index contributed by atoms with van der Waals surface area (Å²) in [6.07, 6.45) is 9.82. The lowest BCUT2D eigenvalue weighted by molar-refractivity contribution is -0.128. The topological polar surface area (TPSA) is 20.3 Å². The van der Waals surface area contributed by atoms with Crippen molar-refractivity contribution in [1.82, 2.24) is 4.90 Å². The second-order valence-electron chi connectivity index (χ2n) is 6.23. The van der Waals surface area contributed by atoms with E-state index in [9.17, 15) is 4.79 Å². The Bertz CT molecular complexity index is 338. The molecule has 0 N–H and O–H groups in total. The molecule has 0 aromatic rings. The van der Waals surface area contributed by atoms with Crippen molar-refractivity contribution < 1.29 is 4.79 Å². The first-order chi connectivity index (χ1) is 8.22. The lowest BCUT2D eigenvalue weighted by atomic mass is 9.69. The molecule has 2 nitrogen and oxygen atoms in total. The Morgan fingerprint density at radius 1 is 1.18 bits per heavy atom. The quantitative estimate of drug-likeness (QED) is 0.672. The van der Waals surface area contributed by atoms with Gasteiger partial charge in [0.05, 0.1) is 0 Å². The molecule has 3 fully saturated rings. The van der Waals surface area contributed by atoms with E-state index in [1.807, 2.05) is 11.9 Å². The van der Waals surface area contributed by atoms with Crippen LogP contribution in [-0.2, 0) is 4.79 Å². The second-order valence-corrected chi connectivity index (χ2v) is 6.23. The van der Waals surface area contributed by atoms with Crippen molar-refractivity contribution in [3.05, 3.63) is 12.7 Å². The first-order valence-corrected chi connectivity index (χ1v) is 7.11. The van der Waals surface area contributed by atoms with Crippen molar-refractivity contribution in [3.63, 3.8) is 0 Å². The Labute approximate surface area is 104 Å². The summed E-state index contributed by atoms with van der Waals surface area (Å²) in [5.74, 6) is 3.73. The number of amides is 1. The molecule has 0 heterocycles. The van der Waals surface area contributed by atoms with Crippen LogP contribution in [0.15, 0.2) is 12.7 Å². The average Bonchev–Trinajstić information content (AvgIpc) is 2.96. The Morgan fingerprint density at radius 3 is 2.59 bits per heavy atom. The van der Waals surface area contributed by atoms with Gasteiger partial charge < -0.3 is 4.90 Å². The number of hydrogen-bond donors (Lipinski definition) is 0. The van der Waals surface area contributed by atoms with Gasteiger partial charge in [-0.3, -0.25) is 4.79 Å². The van der Waals surface area contributed by atoms with Crippen LogP contribution in [0.3, 0.4) is 0 Å². The predicted molar refractivity (Wildman–Crippen MR) is 68.4 cm³/mol. The van der Waals surface area contributed by atoms with E-state index in [-0.39, 0.29) is 5.91 Å². The van der Waals surface area contributed by atoms with Crippen molar-refractivity contribution in [2.75, 3.05) is 7.05 Å². The number of nitrogens with zero attached hydrogens (tertiary/aromatic N) is 1. The van der Waals surface area contributed by atoms with Gasteiger partial charge in [-0.15, -0.1) is 0 Å². The lowest BCUT2D eigenvalue weighted by Crippen LogP contribution is -2.44. The first kappa shape index (κ1) is 11.3. The highest BCUT2D eigenvalue weighted by molar-refractivity contribution is 5.87. The minimum Gasteiger partial charge on any atom is -0.339 e. The van der Waals surface area contributed by atoms with E-state index in [1.165, 1.54) is 44.6 Å². The van der Waals surface area contributed by atoms with Gasteiger partial charge in [0.15, 0.2) is 0 Å². The fourth-order valence-electron chi connectivity index (χ4n) is 4.96. The van der Waals surface area contributed by atoms with Crippen LogP contribution in [0.5, 0.6) is 0 Å². The van der Waals surface area contributed by atoms with Gasteiger partial charge in [-0.25, -0.2) is 0 Å². The first-order valence-electron chi connectivity index (χ1n) is 7.11. The third-order valence-corrected chi connectivity index (χ3v) is 5.66. The van der Waals surface area contributed by atoms with Crippen LogP contribution in [0.4, 0.5) is 0 Å². The summed E-state index contributed by atoms with van der Waals surface area (Å²) in [6.45, 7) is 3.61. The summed E-state index contributed by atoms with van der Waals surface area (Å²) in [7, 11) is 1.97. The van der Waals surface area contributed by atoms with Crippen LogP contribution in [0.1, 0.15) is 38.5 Å². The van der Waals surface area contributed by atoms with Crippen LogP contribution in [0, 0.1) is 23.7 Å². The molecule has 0 aromatic heterocycles. The van der Waals surface area contributed by atoms with Gasteiger partial charge in [-0.2, -0.15) is 0 Å². The zero-order valence-corrected chi connectivity index (χ0v) is 10.8. The normalized spacial score (nSPS) is 43.2. The predicted octanol–water partition coefficient (Wildman–Crippen LogP) is 2.85. The summed E-state index contributed by atoms with van der Waals surface area (Å²) in [5.41, 5.74) is 0. The average molecular weight is 233 g/mol. The summed E-state index contributed by atoms with van der Waals surface area (Å²) in [4.78, 5) is 13.7. The van der Waals surface area contributed by atoms with E-state index >= 15 is 0 Å². The highest BCUT2D eigenvalue weighted by atomic mass is 16.2. The van der Waals surface area contributed by atoms with Crippen LogP contribution in [-0.4, -0.2) is 23.9 Å². The Hall–Kier alpha value is -0.790. The zero-order chi connectivity index (χ0) is 12.0. The number of hydrogen-bond acceptors (Lipinski definition) is 1. The van der Waals surface area contributed by atoms with Gasteiger partial charge in [0.2, 0.25) is 5.91 Å². The molecule has 0 aliphatic heterocycles. The molecule has 2 bridgehead atoms. The molecule has 1 amide bonds. The van der Waals surface area contributed by atoms with Gasteiger partial charge in [0, 0.05) is 13.1 Å². The molecule has 0 saturated heterocycles. The molecule has 17 heavy (non-hydrogen) atoms. The standard InChI is InChI=1S/C15H23NO/c1-3-15(17)16(2)14-9-10-8-13(14)12-7-5-4-6-11(10)12/h3,10-14H,1,4-9H2,2H3. The van der Waals surface area contributed by atoms with E-state index in [4.69, 9.17) is 0 Å². The van der Waals surface area contributed by atoms with Crippen molar-refractivity contribution in [3.8, 4) is 0 Å². The van der Waals surface area contributed by atoms with Gasteiger partial charge in [-0.1, -0.05) is 19.4 Å². The summed E-state index contributed by atoms with van der Waals surface area (Å²) in [5, 5.41) is 0. The molecular weight excluding hydrogens is 210 g/mol. The van der Waals surface area contributed by atoms with E-state index in [0.717, 1.165) is 23.7 Å². The van der Waals surface area contributed by atoms with Gasteiger partial charge in [0.25, 0.3) is 0 Å². The van der Waals surface area contributed by atoms with Crippen molar-refractivity contribution in [1.29, 1.82) is 0 Å². The summed E-state index contributed by atoms with van der Waals surface area (Å²) < 4.78 is 0. The molecular formula is C15H23NO. The van der Waals surface area contributed by atoms with E-state index in [2.05, 4.69) is 6.58 Å². The van der Waals surface area contributed by atoms with Crippen LogP contribution in [0.2, 0.25) is 0 Å². The van der Waals surface area contributed by atoms with Gasteiger partial charge in [0.1, 0.15) is 0 Å². The number of carbonyl (C=O) groups excluding carboxylic acids is 1. The maximum absolute atomic E-state index is 11.7. The van der Waals surface area contributed by atoms with E-state index in [0.29, 0.717) is 6.04 Å². The number of carbonyl (C=O) groups is 1. The largest absolute Gasteiger partial charge is 0.339 e. The molecule has 5 atom stereocenters. The SMILES string of the molecule is C=CC(=O)N(C)C1CC2CC1C1CCCCC21. The van der Waals surface area contributed by atoms with Crippen LogP contribution < -0.4 is 0 Å². The monoisotopic (exact) mass is 233 g/mol. The van der Waals surface area contributed by atoms with Crippen molar-refractivity contribution in [2.24, 2.45) is 23.7 Å². The minimum absolute atomic E-state index is 0.106. The van der Waals surface area contributed by atoms with Crippen LogP contribution >= 0.6 is 0 Å². The lowest BCUT2D eigenvalue weighted by Gasteiger charge is -2.42. The zero-order valence-electron chi connectivity index (χ0n) is 10.8. The maximum atomic E-state index is 11.7. The summed E-state index contributed by atoms with van der Waals surface area (Å²) >= 11 is 0. The Balaban J connectivity index is 1.75. The fraction of sp³-hybridized carbons (Fsp3) is 0.800. The molecule has 3 aliphatic rings. The smallest absolute Gasteiger partial charge is 0.245 e. The Kier molecular flexibility index (Phi) is 2.76. The molecule has 0 radical (unpaired) electrons. The van der Waals surface area contributed by atoms with E-state index < -0.39 is 0 Å². The Morgan fingerprint density at radius 2 is 1.88 bits per heavy atom. The molecule has 94 valence electrons. The molecule has 5 unspecified atom stereocenters. The number of fused-ring (bicyclic) bond motifs is 5. The number of likely N-dealkylation sites (N-methyl/N-ethyl adjacent to an activating group) is 1. The molecule has 3 rings (SSSR count). The van der Waals surface area contributed by atoms with Crippen molar-refractivity contribution >= 4 is 5.91 Å². The minimum atomic E-state index is 0.106. The molecule has 0 spiro atoms. The number of rotatable bonds is 2. The highest BCUT2D eigenvalue weighted by Crippen LogP contribution is 2.58. The fourth-order valence-corrected chi connectivity index (χ4v) is 4.96. The highest BCUT2D eigenvalue weighted by Gasteiger charge is 2.53. The maximum Gasteiger partial charge on any atom is 0.245 e. The molecule has 0 aromatic carbocycles. The molecule has 3 aliphatic carbocycles. The third kappa shape index (κ3) is 1.64. The van der Waals surface area contributed by atoms with Gasteiger partial charge in [-0.05, 0) is 55.4 Å².